The molecule has 0 amide bonds. The molecule has 0 spiro atoms. The monoisotopic (exact) mass is 230 g/mol. The van der Waals surface area contributed by atoms with Gasteiger partial charge in [0.2, 0.25) is 0 Å². The summed E-state index contributed by atoms with van der Waals surface area (Å²) in [6, 6.07) is 12.5. The van der Waals surface area contributed by atoms with E-state index < -0.39 is 8.24 Å². The van der Waals surface area contributed by atoms with Gasteiger partial charge in [0.05, 0.1) is 11.4 Å². The summed E-state index contributed by atoms with van der Waals surface area (Å²) in [7, 11) is -1.35. The predicted octanol–water partition coefficient (Wildman–Crippen LogP) is 3.67. The Balaban J connectivity index is 2.50. The minimum absolute atomic E-state index is 0.834. The normalized spacial score (nSPS) is 11.7. The summed E-state index contributed by atoms with van der Waals surface area (Å²) in [5, 5.41) is 2.43. The van der Waals surface area contributed by atoms with Gasteiger partial charge >= 0.3 is 0 Å². The SMILES string of the molecule is C[Si](C)(C)Nc1cc2ccccc2cc1N. The largest absolute Gasteiger partial charge is 0.409 e. The number of nitrogen functional groups attached to an aromatic ring is 1. The molecule has 0 saturated heterocycles. The van der Waals surface area contributed by atoms with Crippen LogP contribution in [0.1, 0.15) is 0 Å². The quantitative estimate of drug-likeness (QED) is 0.610. The lowest BCUT2D eigenvalue weighted by molar-refractivity contribution is 1.59. The molecule has 0 bridgehead atoms. The summed E-state index contributed by atoms with van der Waals surface area (Å²) in [6.07, 6.45) is 0. The second-order valence-corrected chi connectivity index (χ2v) is 9.91. The Morgan fingerprint density at radius 1 is 1.00 bits per heavy atom. The highest BCUT2D eigenvalue weighted by atomic mass is 28.3. The van der Waals surface area contributed by atoms with E-state index in [2.05, 4.69) is 48.9 Å². The summed E-state index contributed by atoms with van der Waals surface area (Å²) in [5.41, 5.74) is 7.96. The second-order valence-electron chi connectivity index (χ2n) is 5.16. The van der Waals surface area contributed by atoms with Crippen molar-refractivity contribution in [1.82, 2.24) is 0 Å². The third-order valence-corrected chi connectivity index (χ3v) is 3.45. The molecular weight excluding hydrogens is 212 g/mol. The Kier molecular flexibility index (Phi) is 2.64. The van der Waals surface area contributed by atoms with Crippen molar-refractivity contribution in [3.63, 3.8) is 0 Å². The van der Waals surface area contributed by atoms with E-state index in [1.807, 2.05) is 12.1 Å². The molecule has 0 saturated carbocycles. The fourth-order valence-corrected chi connectivity index (χ4v) is 2.79. The van der Waals surface area contributed by atoms with Crippen LogP contribution >= 0.6 is 0 Å². The van der Waals surface area contributed by atoms with Crippen LogP contribution in [0.15, 0.2) is 36.4 Å². The van der Waals surface area contributed by atoms with Crippen molar-refractivity contribution in [1.29, 1.82) is 0 Å². The molecule has 3 N–H and O–H groups in total. The van der Waals surface area contributed by atoms with Gasteiger partial charge in [-0.3, -0.25) is 0 Å². The first-order valence-corrected chi connectivity index (χ1v) is 9.02. The molecule has 2 rings (SSSR count). The minimum Gasteiger partial charge on any atom is -0.409 e. The van der Waals surface area contributed by atoms with E-state index in [0.717, 1.165) is 11.4 Å². The first kappa shape index (κ1) is 11.0. The second kappa shape index (κ2) is 3.83. The van der Waals surface area contributed by atoms with Crippen molar-refractivity contribution in [3.05, 3.63) is 36.4 Å². The number of hydrogen-bond acceptors (Lipinski definition) is 2. The fraction of sp³-hybridized carbons (Fsp3) is 0.231. The van der Waals surface area contributed by atoms with Crippen molar-refractivity contribution in [2.75, 3.05) is 10.7 Å². The van der Waals surface area contributed by atoms with Crippen LogP contribution in [0.5, 0.6) is 0 Å². The molecule has 0 atom stereocenters. The highest BCUT2D eigenvalue weighted by Crippen LogP contribution is 2.27. The number of rotatable bonds is 2. The molecule has 16 heavy (non-hydrogen) atoms. The zero-order valence-corrected chi connectivity index (χ0v) is 11.0. The average Bonchev–Trinajstić information content (AvgIpc) is 2.17. The van der Waals surface area contributed by atoms with Crippen molar-refractivity contribution < 1.29 is 0 Å². The summed E-state index contributed by atoms with van der Waals surface area (Å²) in [5.74, 6) is 0. The fourth-order valence-electron chi connectivity index (χ4n) is 1.77. The van der Waals surface area contributed by atoms with E-state index in [0.29, 0.717) is 0 Å². The molecule has 0 radical (unpaired) electrons. The highest BCUT2D eigenvalue weighted by molar-refractivity contribution is 6.79. The van der Waals surface area contributed by atoms with Crippen LogP contribution in [-0.4, -0.2) is 8.24 Å². The summed E-state index contributed by atoms with van der Waals surface area (Å²) in [4.78, 5) is 3.56. The van der Waals surface area contributed by atoms with Gasteiger partial charge in [-0.25, -0.2) is 0 Å². The van der Waals surface area contributed by atoms with Gasteiger partial charge in [-0.1, -0.05) is 43.9 Å². The van der Waals surface area contributed by atoms with E-state index in [9.17, 15) is 0 Å². The third kappa shape index (κ3) is 2.36. The van der Waals surface area contributed by atoms with Crippen LogP contribution in [0.2, 0.25) is 19.6 Å². The van der Waals surface area contributed by atoms with E-state index in [1.165, 1.54) is 10.8 Å². The smallest absolute Gasteiger partial charge is 0.144 e. The summed E-state index contributed by atoms with van der Waals surface area (Å²) < 4.78 is 0. The maximum Gasteiger partial charge on any atom is 0.144 e. The van der Waals surface area contributed by atoms with Crippen LogP contribution in [0.4, 0.5) is 11.4 Å². The van der Waals surface area contributed by atoms with E-state index >= 15 is 0 Å². The van der Waals surface area contributed by atoms with Gasteiger partial charge in [-0.15, -0.1) is 0 Å². The lowest BCUT2D eigenvalue weighted by Gasteiger charge is -2.21. The molecule has 3 heteroatoms. The van der Waals surface area contributed by atoms with Crippen LogP contribution in [0, 0.1) is 0 Å². The molecule has 0 heterocycles. The van der Waals surface area contributed by atoms with E-state index in [1.54, 1.807) is 0 Å². The van der Waals surface area contributed by atoms with E-state index in [-0.39, 0.29) is 0 Å². The average molecular weight is 230 g/mol. The first-order chi connectivity index (χ1) is 7.46. The molecule has 0 fully saturated rings. The zero-order valence-electron chi connectivity index (χ0n) is 10.0. The van der Waals surface area contributed by atoms with E-state index in [4.69, 9.17) is 5.73 Å². The van der Waals surface area contributed by atoms with Crippen molar-refractivity contribution in [2.45, 2.75) is 19.6 Å². The zero-order chi connectivity index (χ0) is 11.8. The van der Waals surface area contributed by atoms with Crippen molar-refractivity contribution in [2.24, 2.45) is 0 Å². The van der Waals surface area contributed by atoms with Gasteiger partial charge < -0.3 is 10.7 Å². The lowest BCUT2D eigenvalue weighted by atomic mass is 10.1. The van der Waals surface area contributed by atoms with Gasteiger partial charge in [0.15, 0.2) is 0 Å². The Bertz CT molecular complexity index is 515. The molecule has 2 aromatic carbocycles. The molecular formula is C13H18N2Si. The van der Waals surface area contributed by atoms with Crippen LogP contribution in [0.3, 0.4) is 0 Å². The number of hydrogen-bond donors (Lipinski definition) is 2. The van der Waals surface area contributed by atoms with Crippen molar-refractivity contribution in [3.8, 4) is 0 Å². The standard InChI is InChI=1S/C13H18N2Si/c1-16(2,3)15-13-9-11-7-5-4-6-10(11)8-12(13)14/h4-9,15H,14H2,1-3H3. The molecule has 0 aliphatic rings. The molecule has 2 nitrogen and oxygen atoms in total. The van der Waals surface area contributed by atoms with Gasteiger partial charge in [0, 0.05) is 0 Å². The Hall–Kier alpha value is -1.48. The molecule has 0 aliphatic heterocycles. The Morgan fingerprint density at radius 2 is 1.56 bits per heavy atom. The topological polar surface area (TPSA) is 38.0 Å². The minimum atomic E-state index is -1.35. The Labute approximate surface area is 97.6 Å². The Morgan fingerprint density at radius 3 is 2.12 bits per heavy atom. The lowest BCUT2D eigenvalue weighted by Crippen LogP contribution is -2.32. The summed E-state index contributed by atoms with van der Waals surface area (Å²) >= 11 is 0. The van der Waals surface area contributed by atoms with Gasteiger partial charge in [0.1, 0.15) is 8.24 Å². The molecule has 0 aromatic heterocycles. The number of benzene rings is 2. The van der Waals surface area contributed by atoms with Crippen LogP contribution in [-0.2, 0) is 0 Å². The number of nitrogens with two attached hydrogens (primary N) is 1. The molecule has 0 unspecified atom stereocenters. The maximum atomic E-state index is 6.05. The first-order valence-electron chi connectivity index (χ1n) is 5.52. The van der Waals surface area contributed by atoms with Crippen molar-refractivity contribution >= 4 is 30.4 Å². The highest BCUT2D eigenvalue weighted by Gasteiger charge is 2.14. The predicted molar refractivity (Wildman–Crippen MR) is 75.3 cm³/mol. The van der Waals surface area contributed by atoms with Crippen LogP contribution < -0.4 is 10.7 Å². The molecule has 2 aromatic rings. The number of nitrogens with one attached hydrogen (secondary N) is 1. The summed E-state index contributed by atoms with van der Waals surface area (Å²) in [6.45, 7) is 6.80. The molecule has 0 aliphatic carbocycles. The van der Waals surface area contributed by atoms with Crippen LogP contribution in [0.25, 0.3) is 10.8 Å². The van der Waals surface area contributed by atoms with Gasteiger partial charge in [-0.2, -0.15) is 0 Å². The van der Waals surface area contributed by atoms with Gasteiger partial charge in [0.25, 0.3) is 0 Å². The van der Waals surface area contributed by atoms with Gasteiger partial charge in [-0.05, 0) is 22.9 Å². The third-order valence-electron chi connectivity index (χ3n) is 2.43. The maximum absolute atomic E-state index is 6.05. The molecule has 84 valence electrons. The number of fused-ring (bicyclic) bond motifs is 1. The number of anilines is 2.